The Hall–Kier alpha value is 0. The minimum atomic E-state index is 0.903. The lowest BCUT2D eigenvalue weighted by atomic mass is 10.0. The van der Waals surface area contributed by atoms with E-state index in [1.165, 1.54) is 96.3 Å². The molecule has 0 bridgehead atoms. The third kappa shape index (κ3) is 18.0. The van der Waals surface area contributed by atoms with E-state index in [-0.39, 0.29) is 0 Å². The molecular weight excluding hydrogens is 228 g/mol. The highest BCUT2D eigenvalue weighted by Crippen LogP contribution is 2.15. The quantitative estimate of drug-likeness (QED) is 0.496. The van der Waals surface area contributed by atoms with E-state index in [4.69, 9.17) is 0 Å². The van der Waals surface area contributed by atoms with Gasteiger partial charge in [-0.1, -0.05) is 117 Å². The molecule has 0 heteroatoms. The summed E-state index contributed by atoms with van der Waals surface area (Å²) in [5, 5.41) is 0. The Kier molecular flexibility index (Phi) is 16.1. The predicted molar refractivity (Wildman–Crippen MR) is 89.8 cm³/mol. The van der Waals surface area contributed by atoms with Crippen LogP contribution in [0.5, 0.6) is 0 Å². The van der Waals surface area contributed by atoms with Gasteiger partial charge in [-0.25, -0.2) is 0 Å². The maximum absolute atomic E-state index is 2.27. The number of unbranched alkanes of at least 4 members (excludes halogenated alkanes) is 1. The van der Waals surface area contributed by atoms with Gasteiger partial charge in [0.1, 0.15) is 0 Å². The fourth-order valence-corrected chi connectivity index (χ4v) is 2.73. The lowest BCUT2D eigenvalue weighted by Gasteiger charge is -2.05. The van der Waals surface area contributed by atoms with Crippen LogP contribution in [-0.4, -0.2) is 0 Å². The van der Waals surface area contributed by atoms with Gasteiger partial charge in [-0.2, -0.15) is 0 Å². The Balaban J connectivity index is 0.000000256. The van der Waals surface area contributed by atoms with Gasteiger partial charge in [-0.15, -0.1) is 0 Å². The summed E-state index contributed by atoms with van der Waals surface area (Å²) in [6, 6.07) is 0. The van der Waals surface area contributed by atoms with Gasteiger partial charge in [0.15, 0.2) is 0 Å². The normalized spacial score (nSPS) is 18.9. The Labute approximate surface area is 123 Å². The maximum Gasteiger partial charge on any atom is -0.0471 e. The molecule has 2 aliphatic carbocycles. The molecular formula is C19H40. The molecule has 0 N–H and O–H groups in total. The first-order valence-electron chi connectivity index (χ1n) is 9.27. The van der Waals surface area contributed by atoms with Crippen LogP contribution in [0.25, 0.3) is 0 Å². The van der Waals surface area contributed by atoms with Gasteiger partial charge in [0.05, 0.1) is 0 Å². The molecule has 116 valence electrons. The fourth-order valence-electron chi connectivity index (χ4n) is 2.73. The highest BCUT2D eigenvalue weighted by Gasteiger charge is 1.96. The summed E-state index contributed by atoms with van der Waals surface area (Å²) >= 11 is 0. The molecule has 0 nitrogen and oxygen atoms in total. The molecule has 0 atom stereocenters. The minimum absolute atomic E-state index is 0.903. The van der Waals surface area contributed by atoms with E-state index in [2.05, 4.69) is 20.8 Å². The van der Waals surface area contributed by atoms with Crippen LogP contribution >= 0.6 is 0 Å². The summed E-state index contributed by atoms with van der Waals surface area (Å²) in [6.07, 6.45) is 22.1. The minimum Gasteiger partial charge on any atom is -0.0654 e. The summed E-state index contributed by atoms with van der Waals surface area (Å²) in [5.41, 5.74) is 0. The Morgan fingerprint density at radius 3 is 0.947 bits per heavy atom. The van der Waals surface area contributed by atoms with Gasteiger partial charge in [0.25, 0.3) is 0 Å². The summed E-state index contributed by atoms with van der Waals surface area (Å²) in [5.74, 6) is 0.903. The summed E-state index contributed by atoms with van der Waals surface area (Å²) in [7, 11) is 0. The van der Waals surface area contributed by atoms with Crippen molar-refractivity contribution in [2.24, 2.45) is 5.92 Å². The summed E-state index contributed by atoms with van der Waals surface area (Å²) < 4.78 is 0. The van der Waals surface area contributed by atoms with Crippen LogP contribution < -0.4 is 0 Å². The van der Waals surface area contributed by atoms with Crippen molar-refractivity contribution >= 4 is 0 Å². The first-order valence-corrected chi connectivity index (χ1v) is 9.27. The molecule has 2 fully saturated rings. The average molecular weight is 269 g/mol. The van der Waals surface area contributed by atoms with E-state index < -0.39 is 0 Å². The Morgan fingerprint density at radius 2 is 0.842 bits per heavy atom. The molecule has 0 aliphatic heterocycles. The van der Waals surface area contributed by atoms with E-state index >= 15 is 0 Å². The first kappa shape index (κ1) is 19.0. The highest BCUT2D eigenvalue weighted by molar-refractivity contribution is 4.51. The Bertz CT molecular complexity index is 105. The smallest absolute Gasteiger partial charge is 0.0471 e. The van der Waals surface area contributed by atoms with Gasteiger partial charge < -0.3 is 0 Å². The first-order chi connectivity index (χ1) is 9.27. The van der Waals surface area contributed by atoms with E-state index in [1.807, 2.05) is 0 Å². The van der Waals surface area contributed by atoms with Crippen LogP contribution in [0.15, 0.2) is 0 Å². The molecule has 2 saturated carbocycles. The van der Waals surface area contributed by atoms with Gasteiger partial charge in [0, 0.05) is 0 Å². The Morgan fingerprint density at radius 1 is 0.579 bits per heavy atom. The van der Waals surface area contributed by atoms with Crippen molar-refractivity contribution in [2.75, 3.05) is 0 Å². The van der Waals surface area contributed by atoms with E-state index in [0.717, 1.165) is 5.92 Å². The second kappa shape index (κ2) is 16.1. The van der Waals surface area contributed by atoms with E-state index in [9.17, 15) is 0 Å². The molecule has 0 aromatic rings. The van der Waals surface area contributed by atoms with E-state index in [0.29, 0.717) is 0 Å². The van der Waals surface area contributed by atoms with Crippen molar-refractivity contribution in [3.05, 3.63) is 0 Å². The molecule has 19 heavy (non-hydrogen) atoms. The van der Waals surface area contributed by atoms with Crippen LogP contribution in [0, 0.1) is 5.92 Å². The van der Waals surface area contributed by atoms with Crippen LogP contribution in [0.3, 0.4) is 0 Å². The van der Waals surface area contributed by atoms with Crippen molar-refractivity contribution in [2.45, 2.75) is 117 Å². The molecule has 0 radical (unpaired) electrons. The molecule has 0 heterocycles. The lowest BCUT2D eigenvalue weighted by molar-refractivity contribution is 0.504. The van der Waals surface area contributed by atoms with Crippen molar-refractivity contribution in [3.8, 4) is 0 Å². The molecule has 0 saturated heterocycles. The molecule has 2 rings (SSSR count). The van der Waals surface area contributed by atoms with Crippen molar-refractivity contribution in [1.29, 1.82) is 0 Å². The molecule has 0 amide bonds. The second-order valence-electron chi connectivity index (χ2n) is 6.78. The largest absolute Gasteiger partial charge is 0.0654 e. The van der Waals surface area contributed by atoms with Gasteiger partial charge in [-0.05, 0) is 5.92 Å². The van der Waals surface area contributed by atoms with Gasteiger partial charge >= 0.3 is 0 Å². The second-order valence-corrected chi connectivity index (χ2v) is 6.78. The van der Waals surface area contributed by atoms with Gasteiger partial charge in [0.2, 0.25) is 0 Å². The topological polar surface area (TPSA) is 0 Å². The predicted octanol–water partition coefficient (Wildman–Crippen LogP) is 7.51. The van der Waals surface area contributed by atoms with Crippen LogP contribution in [0.2, 0.25) is 0 Å². The molecule has 0 unspecified atom stereocenters. The van der Waals surface area contributed by atoms with E-state index in [1.54, 1.807) is 0 Å². The zero-order valence-electron chi connectivity index (χ0n) is 14.2. The maximum atomic E-state index is 2.27. The SMILES string of the molecule is C1CCCCC1.C1CCCCC1.CCCCC(C)C. The molecule has 0 aromatic heterocycles. The summed E-state index contributed by atoms with van der Waals surface area (Å²) in [4.78, 5) is 0. The third-order valence-electron chi connectivity index (χ3n) is 4.14. The number of hydrogen-bond acceptors (Lipinski definition) is 0. The van der Waals surface area contributed by atoms with Crippen LogP contribution in [0.4, 0.5) is 0 Å². The van der Waals surface area contributed by atoms with Crippen molar-refractivity contribution in [3.63, 3.8) is 0 Å². The molecule has 0 spiro atoms. The number of rotatable bonds is 3. The third-order valence-corrected chi connectivity index (χ3v) is 4.14. The zero-order valence-corrected chi connectivity index (χ0v) is 14.2. The molecule has 0 aromatic carbocycles. The summed E-state index contributed by atoms with van der Waals surface area (Å²) in [6.45, 7) is 6.79. The van der Waals surface area contributed by atoms with Crippen molar-refractivity contribution < 1.29 is 0 Å². The lowest BCUT2D eigenvalue weighted by Crippen LogP contribution is -1.85. The number of hydrogen-bond donors (Lipinski definition) is 0. The standard InChI is InChI=1S/C7H16.2C6H12/c1-4-5-6-7(2)3;2*1-2-4-6-5-3-1/h7H,4-6H2,1-3H3;2*1-6H2. The highest BCUT2D eigenvalue weighted by atomic mass is 14.0. The van der Waals surface area contributed by atoms with Crippen LogP contribution in [0.1, 0.15) is 117 Å². The molecule has 2 aliphatic rings. The van der Waals surface area contributed by atoms with Crippen LogP contribution in [-0.2, 0) is 0 Å². The zero-order chi connectivity index (χ0) is 14.2. The average Bonchev–Trinajstić information content (AvgIpc) is 2.50. The van der Waals surface area contributed by atoms with Crippen molar-refractivity contribution in [1.82, 2.24) is 0 Å². The monoisotopic (exact) mass is 268 g/mol. The van der Waals surface area contributed by atoms with Gasteiger partial charge in [-0.3, -0.25) is 0 Å². The fraction of sp³-hybridized carbons (Fsp3) is 1.00.